The quantitative estimate of drug-likeness (QED) is 0.0200. The summed E-state index contributed by atoms with van der Waals surface area (Å²) in [4.78, 5) is 37.9. The average Bonchev–Trinajstić information content (AvgIpc) is 3.28. The van der Waals surface area contributed by atoms with Crippen LogP contribution in [-0.4, -0.2) is 37.2 Å². The van der Waals surface area contributed by atoms with Gasteiger partial charge in [-0.2, -0.15) is 0 Å². The van der Waals surface area contributed by atoms with Crippen LogP contribution in [0.4, 0.5) is 0 Å². The van der Waals surface area contributed by atoms with Crippen LogP contribution in [-0.2, 0) is 28.6 Å². The Morgan fingerprint density at radius 1 is 0.349 bits per heavy atom. The molecule has 0 bridgehead atoms. The van der Waals surface area contributed by atoms with Crippen molar-refractivity contribution < 1.29 is 28.6 Å². The number of carbonyl (C=O) groups excluding carboxylic acids is 3. The lowest BCUT2D eigenvalue weighted by Gasteiger charge is -2.18. The van der Waals surface area contributed by atoms with Gasteiger partial charge in [0.15, 0.2) is 6.10 Å². The minimum Gasteiger partial charge on any atom is -0.462 e. The van der Waals surface area contributed by atoms with Crippen molar-refractivity contribution in [2.45, 2.75) is 194 Å². The molecule has 0 heterocycles. The second-order valence-corrected chi connectivity index (χ2v) is 15.7. The Balaban J connectivity index is 4.59. The zero-order valence-corrected chi connectivity index (χ0v) is 40.0. The molecule has 0 rings (SSSR count). The van der Waals surface area contributed by atoms with E-state index in [-0.39, 0.29) is 44.0 Å². The van der Waals surface area contributed by atoms with Crippen molar-refractivity contribution in [2.24, 2.45) is 0 Å². The Morgan fingerprint density at radius 2 is 0.714 bits per heavy atom. The maximum Gasteiger partial charge on any atom is 0.306 e. The van der Waals surface area contributed by atoms with Crippen LogP contribution < -0.4 is 0 Å². The van der Waals surface area contributed by atoms with Crippen LogP contribution in [0.1, 0.15) is 188 Å². The van der Waals surface area contributed by atoms with Gasteiger partial charge in [-0.25, -0.2) is 0 Å². The van der Waals surface area contributed by atoms with Crippen molar-refractivity contribution in [1.82, 2.24) is 0 Å². The third-order valence-corrected chi connectivity index (χ3v) is 9.74. The van der Waals surface area contributed by atoms with Gasteiger partial charge in [0.05, 0.1) is 0 Å². The molecule has 0 amide bonds. The Hall–Kier alpha value is -4.45. The molecule has 1 atom stereocenters. The van der Waals surface area contributed by atoms with E-state index in [0.29, 0.717) is 12.8 Å². The number of allylic oxidation sites excluding steroid dienone is 22. The van der Waals surface area contributed by atoms with E-state index in [2.05, 4.69) is 118 Å². The number of hydrogen-bond donors (Lipinski definition) is 0. The molecule has 352 valence electrons. The maximum absolute atomic E-state index is 12.8. The van der Waals surface area contributed by atoms with Crippen LogP contribution in [0.2, 0.25) is 0 Å². The van der Waals surface area contributed by atoms with Gasteiger partial charge in [-0.05, 0) is 103 Å². The topological polar surface area (TPSA) is 78.9 Å². The molecule has 0 saturated heterocycles. The van der Waals surface area contributed by atoms with Gasteiger partial charge in [0.1, 0.15) is 13.2 Å². The molecule has 0 aliphatic heterocycles. The van der Waals surface area contributed by atoms with Gasteiger partial charge in [0, 0.05) is 19.3 Å². The first-order valence-corrected chi connectivity index (χ1v) is 24.8. The van der Waals surface area contributed by atoms with E-state index in [9.17, 15) is 14.4 Å². The van der Waals surface area contributed by atoms with Gasteiger partial charge < -0.3 is 14.2 Å². The lowest BCUT2D eigenvalue weighted by molar-refractivity contribution is -0.167. The minimum atomic E-state index is -0.827. The first kappa shape index (κ1) is 58.6. The van der Waals surface area contributed by atoms with E-state index >= 15 is 0 Å². The van der Waals surface area contributed by atoms with Gasteiger partial charge in [-0.15, -0.1) is 0 Å². The lowest BCUT2D eigenvalue weighted by Crippen LogP contribution is -2.30. The molecular weight excluding hydrogens is 781 g/mol. The van der Waals surface area contributed by atoms with Gasteiger partial charge in [-0.3, -0.25) is 14.4 Å². The molecule has 0 aromatic rings. The zero-order valence-electron chi connectivity index (χ0n) is 40.0. The molecule has 0 spiro atoms. The second kappa shape index (κ2) is 50.2. The Bertz CT molecular complexity index is 1420. The van der Waals surface area contributed by atoms with E-state index in [4.69, 9.17) is 14.2 Å². The summed E-state index contributed by atoms with van der Waals surface area (Å²) >= 11 is 0. The monoisotopic (exact) mass is 869 g/mol. The molecule has 0 N–H and O–H groups in total. The summed E-state index contributed by atoms with van der Waals surface area (Å²) in [5, 5.41) is 0. The molecule has 0 radical (unpaired) electrons. The predicted octanol–water partition coefficient (Wildman–Crippen LogP) is 16.3. The van der Waals surface area contributed by atoms with Crippen LogP contribution >= 0.6 is 0 Å². The van der Waals surface area contributed by atoms with Crippen LogP contribution in [0.15, 0.2) is 134 Å². The predicted molar refractivity (Wildman–Crippen MR) is 269 cm³/mol. The number of rotatable bonds is 42. The number of ether oxygens (including phenoxy) is 3. The number of hydrogen-bond acceptors (Lipinski definition) is 6. The summed E-state index contributed by atoms with van der Waals surface area (Å²) in [5.41, 5.74) is 0. The minimum absolute atomic E-state index is 0.126. The Morgan fingerprint density at radius 3 is 1.24 bits per heavy atom. The fourth-order valence-corrected chi connectivity index (χ4v) is 6.06. The number of esters is 3. The van der Waals surface area contributed by atoms with Gasteiger partial charge in [0.2, 0.25) is 0 Å². The molecule has 6 nitrogen and oxygen atoms in total. The van der Waals surface area contributed by atoms with Crippen molar-refractivity contribution in [3.63, 3.8) is 0 Å². The molecule has 6 heteroatoms. The Kier molecular flexibility index (Phi) is 46.7. The van der Waals surface area contributed by atoms with Gasteiger partial charge in [-0.1, -0.05) is 199 Å². The van der Waals surface area contributed by atoms with Crippen molar-refractivity contribution >= 4 is 17.9 Å². The van der Waals surface area contributed by atoms with Gasteiger partial charge >= 0.3 is 17.9 Å². The molecule has 0 aliphatic carbocycles. The summed E-state index contributed by atoms with van der Waals surface area (Å²) in [5.74, 6) is -1.05. The molecular formula is C57H88O6. The molecule has 0 aromatic carbocycles. The molecule has 0 fully saturated rings. The van der Waals surface area contributed by atoms with E-state index in [1.807, 2.05) is 36.5 Å². The highest BCUT2D eigenvalue weighted by Gasteiger charge is 2.19. The highest BCUT2D eigenvalue weighted by atomic mass is 16.6. The molecule has 63 heavy (non-hydrogen) atoms. The van der Waals surface area contributed by atoms with E-state index in [1.165, 1.54) is 32.1 Å². The fourth-order valence-electron chi connectivity index (χ4n) is 6.06. The third kappa shape index (κ3) is 48.4. The van der Waals surface area contributed by atoms with Crippen LogP contribution in [0.3, 0.4) is 0 Å². The summed E-state index contributed by atoms with van der Waals surface area (Å²) in [6, 6.07) is 0. The lowest BCUT2D eigenvalue weighted by atomic mass is 10.1. The largest absolute Gasteiger partial charge is 0.462 e. The van der Waals surface area contributed by atoms with Crippen LogP contribution in [0, 0.1) is 0 Å². The third-order valence-electron chi connectivity index (χ3n) is 9.74. The first-order chi connectivity index (χ1) is 31.0. The fraction of sp³-hybridized carbons (Fsp3) is 0.561. The maximum atomic E-state index is 12.8. The SMILES string of the molecule is CC\C=C/C=C\C=C/C=C\CCCCCC(=O)OCC(COC(=O)CCC/C=C\C/C=C\C/C=C\C/C=C\C/C=C\CC)OC(=O)CCCCCCCC/C=C\C=C/CCCCC. The smallest absolute Gasteiger partial charge is 0.306 e. The average molecular weight is 869 g/mol. The summed E-state index contributed by atoms with van der Waals surface area (Å²) in [6.07, 6.45) is 70.1. The summed E-state index contributed by atoms with van der Waals surface area (Å²) in [6.45, 7) is 6.23. The molecule has 0 aromatic heterocycles. The van der Waals surface area contributed by atoms with E-state index in [0.717, 1.165) is 109 Å². The second-order valence-electron chi connectivity index (χ2n) is 15.7. The normalized spacial score (nSPS) is 13.3. The highest BCUT2D eigenvalue weighted by Crippen LogP contribution is 2.12. The van der Waals surface area contributed by atoms with Crippen LogP contribution in [0.5, 0.6) is 0 Å². The zero-order chi connectivity index (χ0) is 45.8. The highest BCUT2D eigenvalue weighted by molar-refractivity contribution is 5.71. The molecule has 0 saturated carbocycles. The van der Waals surface area contributed by atoms with Crippen LogP contribution in [0.25, 0.3) is 0 Å². The van der Waals surface area contributed by atoms with E-state index < -0.39 is 6.10 Å². The van der Waals surface area contributed by atoms with Crippen molar-refractivity contribution in [2.75, 3.05) is 13.2 Å². The number of carbonyl (C=O) groups is 3. The number of unbranched alkanes of at least 4 members (excludes halogenated alkanes) is 13. The van der Waals surface area contributed by atoms with E-state index in [1.54, 1.807) is 0 Å². The first-order valence-electron chi connectivity index (χ1n) is 24.8. The van der Waals surface area contributed by atoms with Crippen molar-refractivity contribution in [1.29, 1.82) is 0 Å². The summed E-state index contributed by atoms with van der Waals surface area (Å²) in [7, 11) is 0. The van der Waals surface area contributed by atoms with Gasteiger partial charge in [0.25, 0.3) is 0 Å². The Labute approximate surface area is 385 Å². The molecule has 0 aliphatic rings. The van der Waals surface area contributed by atoms with Crippen molar-refractivity contribution in [3.05, 3.63) is 134 Å². The van der Waals surface area contributed by atoms with Crippen molar-refractivity contribution in [3.8, 4) is 0 Å². The molecule has 1 unspecified atom stereocenters. The summed E-state index contributed by atoms with van der Waals surface area (Å²) < 4.78 is 16.7. The standard InChI is InChI=1S/C57H88O6/c1-4-7-10-13-16-19-22-25-27-28-30-32-35-38-41-44-47-50-56(59)62-53-54(52-61-55(58)49-46-43-40-37-34-31-24-21-18-15-12-9-6-3)63-57(60)51-48-45-42-39-36-33-29-26-23-20-17-14-11-8-5-2/h7,9-10,12,15-21,23-27,30-32,34,38,41,54H,4-6,8,11,13-14,22,28-29,33,35-37,39-40,42-53H2,1-3H3/b10-7-,12-9-,18-15-,19-16-,20-17-,24-21-,26-23-,27-25-,32-30-,34-31-,41-38-.